The predicted molar refractivity (Wildman–Crippen MR) is 61.0 cm³/mol. The number of carbonyl (C=O) groups excluding carboxylic acids is 2. The van der Waals surface area contributed by atoms with Gasteiger partial charge < -0.3 is 9.84 Å². The molecule has 6 nitrogen and oxygen atoms in total. The molecule has 0 radical (unpaired) electrons. The number of ether oxygens (including phenoxy) is 1. The van der Waals surface area contributed by atoms with Crippen molar-refractivity contribution in [2.75, 3.05) is 0 Å². The molecule has 1 aromatic heterocycles. The van der Waals surface area contributed by atoms with Crippen molar-refractivity contribution >= 4 is 18.2 Å². The van der Waals surface area contributed by atoms with Crippen molar-refractivity contribution in [3.63, 3.8) is 0 Å². The molecule has 1 atom stereocenters. The quantitative estimate of drug-likeness (QED) is 0.548. The second-order valence-corrected chi connectivity index (χ2v) is 3.63. The van der Waals surface area contributed by atoms with Crippen LogP contribution in [-0.4, -0.2) is 34.4 Å². The summed E-state index contributed by atoms with van der Waals surface area (Å²) in [4.78, 5) is 36.4. The average Bonchev–Trinajstić information content (AvgIpc) is 2.37. The van der Waals surface area contributed by atoms with Crippen LogP contribution in [0.4, 0.5) is 0 Å². The minimum absolute atomic E-state index is 0.0664. The van der Waals surface area contributed by atoms with E-state index in [0.29, 0.717) is 0 Å². The first-order chi connectivity index (χ1) is 8.63. The van der Waals surface area contributed by atoms with E-state index in [1.54, 1.807) is 18.2 Å². The van der Waals surface area contributed by atoms with Crippen LogP contribution in [0.25, 0.3) is 0 Å². The molecule has 0 saturated carbocycles. The Morgan fingerprint density at radius 2 is 2.22 bits per heavy atom. The molecule has 0 aliphatic carbocycles. The maximum Gasteiger partial charge on any atom is 0.303 e. The number of rotatable bonds is 8. The maximum atomic E-state index is 11.8. The fourth-order valence-electron chi connectivity index (χ4n) is 1.42. The molecule has 1 N–H and O–H groups in total. The predicted octanol–water partition coefficient (Wildman–Crippen LogP) is 1.06. The van der Waals surface area contributed by atoms with Crippen LogP contribution in [0.3, 0.4) is 0 Å². The number of hydrogen-bond donors (Lipinski definition) is 1. The summed E-state index contributed by atoms with van der Waals surface area (Å²) in [5.74, 6) is -1.28. The molecular weight excluding hydrogens is 238 g/mol. The second-order valence-electron chi connectivity index (χ2n) is 3.63. The Kier molecular flexibility index (Phi) is 5.50. The zero-order valence-corrected chi connectivity index (χ0v) is 9.61. The van der Waals surface area contributed by atoms with E-state index in [9.17, 15) is 14.4 Å². The number of hydrogen-bond acceptors (Lipinski definition) is 5. The lowest BCUT2D eigenvalue weighted by Crippen LogP contribution is -2.19. The summed E-state index contributed by atoms with van der Waals surface area (Å²) in [6, 6.07) is 4.91. The monoisotopic (exact) mass is 251 g/mol. The van der Waals surface area contributed by atoms with Gasteiger partial charge in [-0.1, -0.05) is 6.07 Å². The Morgan fingerprint density at radius 1 is 1.44 bits per heavy atom. The second kappa shape index (κ2) is 7.16. The Balaban J connectivity index is 2.57. The molecule has 0 fully saturated rings. The third kappa shape index (κ3) is 4.73. The van der Waals surface area contributed by atoms with E-state index in [4.69, 9.17) is 9.84 Å². The van der Waals surface area contributed by atoms with Crippen LogP contribution in [0.15, 0.2) is 24.4 Å². The van der Waals surface area contributed by atoms with Crippen molar-refractivity contribution in [1.82, 2.24) is 4.98 Å². The van der Waals surface area contributed by atoms with Crippen LogP contribution in [-0.2, 0) is 14.3 Å². The Morgan fingerprint density at radius 3 is 2.78 bits per heavy atom. The third-order valence-electron chi connectivity index (χ3n) is 2.29. The van der Waals surface area contributed by atoms with E-state index in [2.05, 4.69) is 4.98 Å². The number of aliphatic carboxylic acids is 1. The summed E-state index contributed by atoms with van der Waals surface area (Å²) in [5, 5.41) is 8.54. The SMILES string of the molecule is O=CO[C@@H](CCC(=O)O)CC(=O)c1ccccn1. The standard InChI is InChI=1S/C12H13NO5/c14-8-18-9(4-5-12(16)17)7-11(15)10-3-1-2-6-13-10/h1-3,6,8-9H,4-5,7H2,(H,16,17)/t9-/m0/s1. The molecule has 0 aliphatic rings. The Bertz CT molecular complexity index is 418. The van der Waals surface area contributed by atoms with Gasteiger partial charge in [0.2, 0.25) is 0 Å². The van der Waals surface area contributed by atoms with Crippen LogP contribution in [0.1, 0.15) is 29.8 Å². The number of ketones is 1. The number of pyridine rings is 1. The van der Waals surface area contributed by atoms with E-state index in [-0.39, 0.29) is 37.2 Å². The van der Waals surface area contributed by atoms with Gasteiger partial charge in [0.05, 0.1) is 0 Å². The van der Waals surface area contributed by atoms with E-state index >= 15 is 0 Å². The van der Waals surface area contributed by atoms with Gasteiger partial charge >= 0.3 is 5.97 Å². The molecule has 96 valence electrons. The molecule has 0 aliphatic heterocycles. The zero-order valence-electron chi connectivity index (χ0n) is 9.61. The molecule has 18 heavy (non-hydrogen) atoms. The first-order valence-corrected chi connectivity index (χ1v) is 5.38. The van der Waals surface area contributed by atoms with E-state index in [1.807, 2.05) is 0 Å². The molecule has 0 saturated heterocycles. The summed E-state index contributed by atoms with van der Waals surface area (Å²) in [6.45, 7) is 0.220. The number of carboxylic acid groups (broad SMARTS) is 1. The summed E-state index contributed by atoms with van der Waals surface area (Å²) in [7, 11) is 0. The molecular formula is C12H13NO5. The van der Waals surface area contributed by atoms with E-state index in [0.717, 1.165) is 0 Å². The first kappa shape index (κ1) is 13.8. The van der Waals surface area contributed by atoms with E-state index < -0.39 is 12.1 Å². The lowest BCUT2D eigenvalue weighted by Gasteiger charge is -2.12. The van der Waals surface area contributed by atoms with Gasteiger partial charge in [0.15, 0.2) is 5.78 Å². The topological polar surface area (TPSA) is 93.6 Å². The smallest absolute Gasteiger partial charge is 0.303 e. The fraction of sp³-hybridized carbons (Fsp3) is 0.333. The molecule has 0 aromatic carbocycles. The van der Waals surface area contributed by atoms with Gasteiger partial charge in [0.1, 0.15) is 11.8 Å². The van der Waals surface area contributed by atoms with Crippen molar-refractivity contribution < 1.29 is 24.2 Å². The number of carboxylic acids is 1. The fourth-order valence-corrected chi connectivity index (χ4v) is 1.42. The van der Waals surface area contributed by atoms with Crippen molar-refractivity contribution in [3.05, 3.63) is 30.1 Å². The highest BCUT2D eigenvalue weighted by Gasteiger charge is 2.18. The Labute approximate surface area is 104 Å². The number of Topliss-reactive ketones (excluding diaryl/α,β-unsaturated/α-hetero) is 1. The van der Waals surface area contributed by atoms with E-state index in [1.165, 1.54) is 6.20 Å². The molecule has 0 amide bonds. The molecule has 0 bridgehead atoms. The lowest BCUT2D eigenvalue weighted by molar-refractivity contribution is -0.140. The first-order valence-electron chi connectivity index (χ1n) is 5.38. The summed E-state index contributed by atoms with van der Waals surface area (Å²) < 4.78 is 4.69. The summed E-state index contributed by atoms with van der Waals surface area (Å²) in [6.07, 6.45) is 0.636. The van der Waals surface area contributed by atoms with Crippen LogP contribution in [0.2, 0.25) is 0 Å². The normalized spacial score (nSPS) is 11.6. The minimum Gasteiger partial charge on any atom is -0.481 e. The van der Waals surface area contributed by atoms with Crippen molar-refractivity contribution in [3.8, 4) is 0 Å². The largest absolute Gasteiger partial charge is 0.481 e. The van der Waals surface area contributed by atoms with Gasteiger partial charge in [-0.3, -0.25) is 19.4 Å². The summed E-state index contributed by atoms with van der Waals surface area (Å²) in [5.41, 5.74) is 0.271. The van der Waals surface area contributed by atoms with Crippen LogP contribution >= 0.6 is 0 Å². The zero-order chi connectivity index (χ0) is 13.4. The molecule has 1 rings (SSSR count). The van der Waals surface area contributed by atoms with Gasteiger partial charge in [0, 0.05) is 19.0 Å². The van der Waals surface area contributed by atoms with Crippen LogP contribution < -0.4 is 0 Å². The molecule has 1 heterocycles. The van der Waals surface area contributed by atoms with Gasteiger partial charge in [-0.15, -0.1) is 0 Å². The highest BCUT2D eigenvalue weighted by molar-refractivity contribution is 5.94. The molecule has 0 spiro atoms. The number of aromatic nitrogens is 1. The van der Waals surface area contributed by atoms with Gasteiger partial charge in [0.25, 0.3) is 6.47 Å². The third-order valence-corrected chi connectivity index (χ3v) is 2.29. The average molecular weight is 251 g/mol. The number of carbonyl (C=O) groups is 3. The van der Waals surface area contributed by atoms with Crippen LogP contribution in [0.5, 0.6) is 0 Å². The highest BCUT2D eigenvalue weighted by atomic mass is 16.5. The van der Waals surface area contributed by atoms with Crippen molar-refractivity contribution in [2.24, 2.45) is 0 Å². The van der Waals surface area contributed by atoms with Crippen LogP contribution in [0, 0.1) is 0 Å². The van der Waals surface area contributed by atoms with Gasteiger partial charge in [-0.2, -0.15) is 0 Å². The highest BCUT2D eigenvalue weighted by Crippen LogP contribution is 2.10. The Hall–Kier alpha value is -2.24. The minimum atomic E-state index is -1.00. The van der Waals surface area contributed by atoms with Crippen molar-refractivity contribution in [1.29, 1.82) is 0 Å². The molecule has 6 heteroatoms. The van der Waals surface area contributed by atoms with Gasteiger partial charge in [-0.05, 0) is 18.6 Å². The lowest BCUT2D eigenvalue weighted by atomic mass is 10.1. The summed E-state index contributed by atoms with van der Waals surface area (Å²) >= 11 is 0. The molecule has 1 aromatic rings. The number of nitrogens with zero attached hydrogens (tertiary/aromatic N) is 1. The maximum absolute atomic E-state index is 11.8. The van der Waals surface area contributed by atoms with Gasteiger partial charge in [-0.25, -0.2) is 0 Å². The molecule has 0 unspecified atom stereocenters. The van der Waals surface area contributed by atoms with Crippen molar-refractivity contribution in [2.45, 2.75) is 25.4 Å².